The molecule has 1 aromatic rings. The molecule has 1 aromatic carbocycles. The molecule has 2 rings (SSSR count). The van der Waals surface area contributed by atoms with E-state index in [1.165, 1.54) is 0 Å². The molecule has 114 valence electrons. The average Bonchev–Trinajstić information content (AvgIpc) is 2.55. The molecule has 6 heteroatoms. The van der Waals surface area contributed by atoms with E-state index in [-0.39, 0.29) is 5.91 Å². The Morgan fingerprint density at radius 1 is 1.33 bits per heavy atom. The molecule has 0 saturated heterocycles. The maximum Gasteiger partial charge on any atom is 0.286 e. The first-order chi connectivity index (χ1) is 10.2. The minimum absolute atomic E-state index is 0.143. The van der Waals surface area contributed by atoms with Crippen LogP contribution in [0, 0.1) is 0 Å². The number of rotatable bonds is 6. The van der Waals surface area contributed by atoms with E-state index in [1.807, 2.05) is 18.2 Å². The number of nitrogens with one attached hydrogen (secondary N) is 2. The normalized spacial score (nSPS) is 13.9. The molecule has 6 nitrogen and oxygen atoms in total. The lowest BCUT2D eigenvalue weighted by atomic mass is 10.1. The third-order valence-corrected chi connectivity index (χ3v) is 3.26. The Morgan fingerprint density at radius 3 is 2.81 bits per heavy atom. The molecule has 0 spiro atoms. The zero-order valence-corrected chi connectivity index (χ0v) is 12.4. The molecule has 0 unspecified atom stereocenters. The van der Waals surface area contributed by atoms with Crippen molar-refractivity contribution in [2.45, 2.75) is 12.8 Å². The fraction of sp³-hybridized carbons (Fsp3) is 0.467. The number of carbonyl (C=O) groups excluding carboxylic acids is 1. The van der Waals surface area contributed by atoms with Crippen molar-refractivity contribution in [2.24, 2.45) is 4.99 Å². The monoisotopic (exact) mass is 291 g/mol. The number of carbonyl (C=O) groups is 1. The predicted octanol–water partition coefficient (Wildman–Crippen LogP) is 0.754. The first-order valence-corrected chi connectivity index (χ1v) is 7.02. The number of benzene rings is 1. The maximum atomic E-state index is 11.9. The summed E-state index contributed by atoms with van der Waals surface area (Å²) in [5.74, 6) is 1.69. The molecule has 21 heavy (non-hydrogen) atoms. The van der Waals surface area contributed by atoms with E-state index in [4.69, 9.17) is 9.47 Å². The van der Waals surface area contributed by atoms with Crippen molar-refractivity contribution in [1.82, 2.24) is 10.6 Å². The van der Waals surface area contributed by atoms with Crippen molar-refractivity contribution < 1.29 is 14.3 Å². The molecular weight excluding hydrogens is 270 g/mol. The molecule has 1 aliphatic heterocycles. The summed E-state index contributed by atoms with van der Waals surface area (Å²) in [6.07, 6.45) is 1.70. The number of ether oxygens (including phenoxy) is 2. The van der Waals surface area contributed by atoms with E-state index in [0.29, 0.717) is 30.4 Å². The van der Waals surface area contributed by atoms with Gasteiger partial charge in [0.15, 0.2) is 17.3 Å². The molecule has 1 aliphatic rings. The zero-order chi connectivity index (χ0) is 15.1. The van der Waals surface area contributed by atoms with E-state index in [0.717, 1.165) is 24.9 Å². The molecule has 0 bridgehead atoms. The van der Waals surface area contributed by atoms with Gasteiger partial charge < -0.3 is 20.1 Å². The van der Waals surface area contributed by atoms with Crippen LogP contribution in [0.15, 0.2) is 23.2 Å². The first kappa shape index (κ1) is 15.2. The summed E-state index contributed by atoms with van der Waals surface area (Å²) < 4.78 is 10.5. The van der Waals surface area contributed by atoms with E-state index < -0.39 is 0 Å². The predicted molar refractivity (Wildman–Crippen MR) is 81.2 cm³/mol. The van der Waals surface area contributed by atoms with Crippen LogP contribution in [0.3, 0.4) is 0 Å². The van der Waals surface area contributed by atoms with Crippen LogP contribution >= 0.6 is 0 Å². The summed E-state index contributed by atoms with van der Waals surface area (Å²) in [4.78, 5) is 16.0. The summed E-state index contributed by atoms with van der Waals surface area (Å²) in [6.45, 7) is 2.07. The highest BCUT2D eigenvalue weighted by Crippen LogP contribution is 2.27. The molecule has 0 saturated carbocycles. The lowest BCUT2D eigenvalue weighted by Crippen LogP contribution is -2.43. The molecule has 1 amide bonds. The second-order valence-corrected chi connectivity index (χ2v) is 4.71. The van der Waals surface area contributed by atoms with Gasteiger partial charge in [-0.25, -0.2) is 0 Å². The van der Waals surface area contributed by atoms with E-state index in [2.05, 4.69) is 15.6 Å². The number of nitrogens with zero attached hydrogens (tertiary/aromatic N) is 1. The Balaban J connectivity index is 1.85. The van der Waals surface area contributed by atoms with Gasteiger partial charge in [0.2, 0.25) is 0 Å². The number of amidine groups is 1. The topological polar surface area (TPSA) is 72.0 Å². The summed E-state index contributed by atoms with van der Waals surface area (Å²) in [6, 6.07) is 5.74. The van der Waals surface area contributed by atoms with Gasteiger partial charge in [0, 0.05) is 19.6 Å². The van der Waals surface area contributed by atoms with Crippen molar-refractivity contribution >= 4 is 11.7 Å². The van der Waals surface area contributed by atoms with Crippen molar-refractivity contribution in [1.29, 1.82) is 0 Å². The lowest BCUT2D eigenvalue weighted by Gasteiger charge is -2.14. The highest BCUT2D eigenvalue weighted by molar-refractivity contribution is 6.37. The van der Waals surface area contributed by atoms with E-state index in [1.54, 1.807) is 14.2 Å². The Bertz CT molecular complexity index is 529. The van der Waals surface area contributed by atoms with Gasteiger partial charge >= 0.3 is 0 Å². The minimum atomic E-state index is -0.143. The number of hydrogen-bond donors (Lipinski definition) is 2. The van der Waals surface area contributed by atoms with Crippen molar-refractivity contribution in [3.8, 4) is 11.5 Å². The lowest BCUT2D eigenvalue weighted by molar-refractivity contribution is -0.115. The Hall–Kier alpha value is -2.24. The van der Waals surface area contributed by atoms with Gasteiger partial charge in [0.25, 0.3) is 5.91 Å². The fourth-order valence-electron chi connectivity index (χ4n) is 2.12. The first-order valence-electron chi connectivity index (χ1n) is 7.02. The SMILES string of the molecule is COc1ccc(CCNC(=O)C2=NCCCN2)cc1OC. The molecule has 0 radical (unpaired) electrons. The van der Waals surface area contributed by atoms with Gasteiger partial charge in [-0.05, 0) is 30.5 Å². The quantitative estimate of drug-likeness (QED) is 0.811. The minimum Gasteiger partial charge on any atom is -0.493 e. The van der Waals surface area contributed by atoms with Crippen LogP contribution in [0.2, 0.25) is 0 Å². The number of methoxy groups -OCH3 is 2. The highest BCUT2D eigenvalue weighted by Gasteiger charge is 2.12. The molecule has 0 aromatic heterocycles. The Labute approximate surface area is 124 Å². The van der Waals surface area contributed by atoms with Gasteiger partial charge in [-0.15, -0.1) is 0 Å². The second-order valence-electron chi connectivity index (χ2n) is 4.71. The third kappa shape index (κ3) is 4.11. The summed E-state index contributed by atoms with van der Waals surface area (Å²) in [7, 11) is 3.21. The Kier molecular flexibility index (Phi) is 5.43. The summed E-state index contributed by atoms with van der Waals surface area (Å²) in [5, 5.41) is 5.86. The van der Waals surface area contributed by atoms with Crippen LogP contribution in [0.4, 0.5) is 0 Å². The number of amides is 1. The zero-order valence-electron chi connectivity index (χ0n) is 12.4. The molecular formula is C15H21N3O3. The van der Waals surface area contributed by atoms with Crippen LogP contribution in [0.5, 0.6) is 11.5 Å². The van der Waals surface area contributed by atoms with Crippen molar-refractivity contribution in [3.63, 3.8) is 0 Å². The van der Waals surface area contributed by atoms with E-state index in [9.17, 15) is 4.79 Å². The molecule has 0 aliphatic carbocycles. The largest absolute Gasteiger partial charge is 0.493 e. The van der Waals surface area contributed by atoms with Crippen LogP contribution in [-0.2, 0) is 11.2 Å². The smallest absolute Gasteiger partial charge is 0.286 e. The fourth-order valence-corrected chi connectivity index (χ4v) is 2.12. The van der Waals surface area contributed by atoms with Crippen molar-refractivity contribution in [3.05, 3.63) is 23.8 Å². The maximum absolute atomic E-state index is 11.9. The van der Waals surface area contributed by atoms with Gasteiger partial charge in [-0.3, -0.25) is 9.79 Å². The number of aliphatic imine (C=N–C) groups is 1. The van der Waals surface area contributed by atoms with E-state index >= 15 is 0 Å². The number of hydrogen-bond acceptors (Lipinski definition) is 5. The Morgan fingerprint density at radius 2 is 2.14 bits per heavy atom. The van der Waals surface area contributed by atoms with Crippen LogP contribution in [0.25, 0.3) is 0 Å². The highest BCUT2D eigenvalue weighted by atomic mass is 16.5. The molecule has 1 heterocycles. The second kappa shape index (κ2) is 7.52. The van der Waals surface area contributed by atoms with Crippen LogP contribution in [0.1, 0.15) is 12.0 Å². The van der Waals surface area contributed by atoms with Crippen LogP contribution < -0.4 is 20.1 Å². The van der Waals surface area contributed by atoms with Gasteiger partial charge in [0.1, 0.15) is 0 Å². The average molecular weight is 291 g/mol. The standard InChI is InChI=1S/C15H21N3O3/c1-20-12-5-4-11(10-13(12)21-2)6-9-18-15(19)14-16-7-3-8-17-14/h4-5,10H,3,6-9H2,1-2H3,(H,16,17)(H,18,19). The van der Waals surface area contributed by atoms with Crippen LogP contribution in [-0.4, -0.2) is 45.6 Å². The van der Waals surface area contributed by atoms with Gasteiger partial charge in [-0.1, -0.05) is 6.07 Å². The van der Waals surface area contributed by atoms with Gasteiger partial charge in [0.05, 0.1) is 14.2 Å². The third-order valence-electron chi connectivity index (χ3n) is 3.26. The van der Waals surface area contributed by atoms with Gasteiger partial charge in [-0.2, -0.15) is 0 Å². The molecule has 0 atom stereocenters. The summed E-state index contributed by atoms with van der Waals surface area (Å²) in [5.41, 5.74) is 1.08. The molecule has 0 fully saturated rings. The molecule has 2 N–H and O–H groups in total. The van der Waals surface area contributed by atoms with Crippen molar-refractivity contribution in [2.75, 3.05) is 33.9 Å². The summed E-state index contributed by atoms with van der Waals surface area (Å²) >= 11 is 0.